The number of ether oxygens (including phenoxy) is 1. The molecule has 1 aromatic carbocycles. The van der Waals surface area contributed by atoms with Crippen molar-refractivity contribution in [2.24, 2.45) is 0 Å². The fourth-order valence-corrected chi connectivity index (χ4v) is 2.12. The number of oxazole rings is 1. The van der Waals surface area contributed by atoms with Gasteiger partial charge in [-0.15, -0.1) is 0 Å². The van der Waals surface area contributed by atoms with E-state index in [0.717, 1.165) is 36.5 Å². The molecule has 0 unspecified atom stereocenters. The van der Waals surface area contributed by atoms with E-state index in [-0.39, 0.29) is 5.97 Å². The van der Waals surface area contributed by atoms with Gasteiger partial charge in [-0.25, -0.2) is 9.78 Å². The lowest BCUT2D eigenvalue weighted by Crippen LogP contribution is -2.22. The van der Waals surface area contributed by atoms with Crippen LogP contribution in [0.4, 0.5) is 0 Å². The van der Waals surface area contributed by atoms with E-state index in [9.17, 15) is 4.79 Å². The van der Waals surface area contributed by atoms with Crippen LogP contribution in [0.25, 0.3) is 11.5 Å². The molecule has 1 N–H and O–H groups in total. The number of hydrogen-bond acceptors (Lipinski definition) is 5. The van der Waals surface area contributed by atoms with Crippen LogP contribution >= 0.6 is 0 Å². The number of nitrogens with zero attached hydrogens (tertiary/aromatic N) is 1. The summed E-state index contributed by atoms with van der Waals surface area (Å²) < 4.78 is 10.4. The number of methoxy groups -OCH3 is 1. The van der Waals surface area contributed by atoms with Crippen molar-refractivity contribution >= 4 is 5.97 Å². The second-order valence-corrected chi connectivity index (χ2v) is 4.38. The lowest BCUT2D eigenvalue weighted by molar-refractivity contribution is 0.0601. The number of rotatable bonds is 2. The van der Waals surface area contributed by atoms with Crippen LogP contribution in [-0.2, 0) is 17.7 Å². The third kappa shape index (κ3) is 2.24. The van der Waals surface area contributed by atoms with Gasteiger partial charge in [0.2, 0.25) is 5.89 Å². The van der Waals surface area contributed by atoms with Gasteiger partial charge >= 0.3 is 5.97 Å². The minimum atomic E-state index is -0.345. The molecule has 19 heavy (non-hydrogen) atoms. The van der Waals surface area contributed by atoms with Gasteiger partial charge < -0.3 is 14.5 Å². The minimum Gasteiger partial charge on any atom is -0.465 e. The molecule has 0 radical (unpaired) electrons. The Morgan fingerprint density at radius 1 is 1.37 bits per heavy atom. The standard InChI is InChI=1S/C14H14N2O3/c1-18-14(17)10-4-2-9(3-5-10)13-16-11-8-15-7-6-12(11)19-13/h2-5,15H,6-8H2,1H3. The van der Waals surface area contributed by atoms with Crippen LogP contribution in [0, 0.1) is 0 Å². The second-order valence-electron chi connectivity index (χ2n) is 4.38. The summed E-state index contributed by atoms with van der Waals surface area (Å²) >= 11 is 0. The van der Waals surface area contributed by atoms with E-state index >= 15 is 0 Å². The first-order chi connectivity index (χ1) is 9.28. The summed E-state index contributed by atoms with van der Waals surface area (Å²) in [4.78, 5) is 15.8. The Bertz CT molecular complexity index is 578. The fraction of sp³-hybridized carbons (Fsp3) is 0.286. The van der Waals surface area contributed by atoms with Crippen LogP contribution in [0.3, 0.4) is 0 Å². The van der Waals surface area contributed by atoms with Crippen LogP contribution in [-0.4, -0.2) is 24.6 Å². The van der Waals surface area contributed by atoms with Gasteiger partial charge in [0, 0.05) is 25.1 Å². The molecule has 0 bridgehead atoms. The minimum absolute atomic E-state index is 0.345. The highest BCUT2D eigenvalue weighted by molar-refractivity contribution is 5.89. The predicted octanol–water partition coefficient (Wildman–Crippen LogP) is 1.77. The van der Waals surface area contributed by atoms with E-state index in [1.54, 1.807) is 12.1 Å². The predicted molar refractivity (Wildman–Crippen MR) is 68.7 cm³/mol. The number of carbonyl (C=O) groups excluding carboxylic acids is 1. The van der Waals surface area contributed by atoms with Gasteiger partial charge in [0.1, 0.15) is 5.76 Å². The van der Waals surface area contributed by atoms with Crippen molar-refractivity contribution < 1.29 is 13.9 Å². The van der Waals surface area contributed by atoms with E-state index in [1.807, 2.05) is 12.1 Å². The summed E-state index contributed by atoms with van der Waals surface area (Å²) in [5, 5.41) is 3.25. The molecule has 0 aliphatic carbocycles. The van der Waals surface area contributed by atoms with Crippen LogP contribution in [0.1, 0.15) is 21.8 Å². The van der Waals surface area contributed by atoms with Crippen LogP contribution < -0.4 is 5.32 Å². The van der Waals surface area contributed by atoms with Gasteiger partial charge in [-0.1, -0.05) is 0 Å². The largest absolute Gasteiger partial charge is 0.465 e. The maximum atomic E-state index is 11.4. The first-order valence-electron chi connectivity index (χ1n) is 6.16. The maximum absolute atomic E-state index is 11.4. The van der Waals surface area contributed by atoms with Crippen molar-refractivity contribution in [1.29, 1.82) is 0 Å². The van der Waals surface area contributed by atoms with Gasteiger partial charge in [-0.3, -0.25) is 0 Å². The van der Waals surface area contributed by atoms with Crippen molar-refractivity contribution in [3.63, 3.8) is 0 Å². The molecule has 98 valence electrons. The SMILES string of the molecule is COC(=O)c1ccc(-c2nc3c(o2)CCNC3)cc1. The van der Waals surface area contributed by atoms with E-state index < -0.39 is 0 Å². The molecule has 1 aliphatic rings. The van der Waals surface area contributed by atoms with Gasteiger partial charge in [0.15, 0.2) is 0 Å². The highest BCUT2D eigenvalue weighted by Crippen LogP contribution is 2.24. The number of hydrogen-bond donors (Lipinski definition) is 1. The molecule has 0 saturated carbocycles. The molecule has 0 amide bonds. The summed E-state index contributed by atoms with van der Waals surface area (Å²) in [5.41, 5.74) is 2.35. The molecule has 5 nitrogen and oxygen atoms in total. The zero-order valence-electron chi connectivity index (χ0n) is 10.6. The molecule has 5 heteroatoms. The van der Waals surface area contributed by atoms with Gasteiger partial charge in [-0.05, 0) is 24.3 Å². The monoisotopic (exact) mass is 258 g/mol. The van der Waals surface area contributed by atoms with Crippen molar-refractivity contribution in [3.05, 3.63) is 41.3 Å². The third-order valence-electron chi connectivity index (χ3n) is 3.15. The van der Waals surface area contributed by atoms with Gasteiger partial charge in [-0.2, -0.15) is 0 Å². The average molecular weight is 258 g/mol. The lowest BCUT2D eigenvalue weighted by Gasteiger charge is -2.08. The van der Waals surface area contributed by atoms with Crippen LogP contribution in [0.2, 0.25) is 0 Å². The van der Waals surface area contributed by atoms with E-state index in [4.69, 9.17) is 4.42 Å². The Labute approximate surface area is 110 Å². The summed E-state index contributed by atoms with van der Waals surface area (Å²) in [6, 6.07) is 7.05. The maximum Gasteiger partial charge on any atom is 0.337 e. The van der Waals surface area contributed by atoms with Crippen molar-refractivity contribution in [1.82, 2.24) is 10.3 Å². The van der Waals surface area contributed by atoms with Crippen molar-refractivity contribution in [2.75, 3.05) is 13.7 Å². The number of fused-ring (bicyclic) bond motifs is 1. The zero-order chi connectivity index (χ0) is 13.2. The van der Waals surface area contributed by atoms with Gasteiger partial charge in [0.05, 0.1) is 18.4 Å². The number of esters is 1. The summed E-state index contributed by atoms with van der Waals surface area (Å²) in [5.74, 6) is 1.21. The highest BCUT2D eigenvalue weighted by atomic mass is 16.5. The average Bonchev–Trinajstić information content (AvgIpc) is 2.90. The highest BCUT2D eigenvalue weighted by Gasteiger charge is 2.17. The Morgan fingerprint density at radius 3 is 2.84 bits per heavy atom. The lowest BCUT2D eigenvalue weighted by atomic mass is 10.1. The van der Waals surface area contributed by atoms with Crippen LogP contribution in [0.5, 0.6) is 0 Å². The van der Waals surface area contributed by atoms with Crippen LogP contribution in [0.15, 0.2) is 28.7 Å². The molecule has 1 aromatic heterocycles. The quantitative estimate of drug-likeness (QED) is 0.832. The molecule has 1 aliphatic heterocycles. The smallest absolute Gasteiger partial charge is 0.337 e. The van der Waals surface area contributed by atoms with E-state index in [0.29, 0.717) is 11.5 Å². The molecule has 0 atom stereocenters. The molecule has 2 aromatic rings. The summed E-state index contributed by atoms with van der Waals surface area (Å²) in [6.07, 6.45) is 0.864. The molecule has 0 saturated heterocycles. The second kappa shape index (κ2) is 4.85. The normalized spacial score (nSPS) is 13.9. The molecule has 3 rings (SSSR count). The molecule has 0 spiro atoms. The Kier molecular flexibility index (Phi) is 3.05. The van der Waals surface area contributed by atoms with E-state index in [2.05, 4.69) is 15.0 Å². The Balaban J connectivity index is 1.89. The zero-order valence-corrected chi connectivity index (χ0v) is 10.6. The Morgan fingerprint density at radius 2 is 2.16 bits per heavy atom. The first kappa shape index (κ1) is 11.9. The van der Waals surface area contributed by atoms with Crippen molar-refractivity contribution in [2.45, 2.75) is 13.0 Å². The third-order valence-corrected chi connectivity index (χ3v) is 3.15. The summed E-state index contributed by atoms with van der Waals surface area (Å²) in [6.45, 7) is 1.67. The number of aromatic nitrogens is 1. The van der Waals surface area contributed by atoms with Gasteiger partial charge in [0.25, 0.3) is 0 Å². The fourth-order valence-electron chi connectivity index (χ4n) is 2.12. The molecular formula is C14H14N2O3. The first-order valence-corrected chi connectivity index (χ1v) is 6.16. The molecule has 0 fully saturated rings. The number of benzene rings is 1. The van der Waals surface area contributed by atoms with E-state index in [1.165, 1.54) is 7.11 Å². The number of nitrogens with one attached hydrogen (secondary N) is 1. The molecular weight excluding hydrogens is 244 g/mol. The Hall–Kier alpha value is -2.14. The molecule has 2 heterocycles. The topological polar surface area (TPSA) is 64.4 Å². The summed E-state index contributed by atoms with van der Waals surface area (Å²) in [7, 11) is 1.37. The van der Waals surface area contributed by atoms with Crippen molar-refractivity contribution in [3.8, 4) is 11.5 Å². The number of carbonyl (C=O) groups is 1.